The zero-order chi connectivity index (χ0) is 21.4. The number of benzene rings is 2. The van der Waals surface area contributed by atoms with Crippen LogP contribution in [0, 0.1) is 5.82 Å². The predicted molar refractivity (Wildman–Crippen MR) is 98.6 cm³/mol. The highest BCUT2D eigenvalue weighted by Gasteiger charge is 2.49. The van der Waals surface area contributed by atoms with E-state index in [1.54, 1.807) is 0 Å². The summed E-state index contributed by atoms with van der Waals surface area (Å²) in [6.45, 7) is 0. The second-order valence-corrected chi connectivity index (χ2v) is 7.59. The highest BCUT2D eigenvalue weighted by molar-refractivity contribution is 7.88. The maximum Gasteiger partial charge on any atom is 0.534 e. The first-order chi connectivity index (χ1) is 13.5. The number of rotatable bonds is 5. The van der Waals surface area contributed by atoms with E-state index in [4.69, 9.17) is 16.3 Å². The molecule has 0 saturated heterocycles. The second-order valence-electron chi connectivity index (χ2n) is 5.61. The summed E-state index contributed by atoms with van der Waals surface area (Å²) in [5.41, 5.74) is -5.13. The first-order valence-electron chi connectivity index (χ1n) is 7.71. The van der Waals surface area contributed by atoms with Gasteiger partial charge in [-0.25, -0.2) is 4.39 Å². The maximum absolute atomic E-state index is 14.1. The smallest absolute Gasteiger partial charge is 0.493 e. The monoisotopic (exact) mass is 450 g/mol. The number of halogens is 5. The average molecular weight is 451 g/mol. The molecule has 6 nitrogen and oxygen atoms in total. The Bertz CT molecular complexity index is 1190. The minimum atomic E-state index is -5.93. The first-order valence-corrected chi connectivity index (χ1v) is 9.50. The molecule has 12 heteroatoms. The van der Waals surface area contributed by atoms with Crippen LogP contribution >= 0.6 is 11.6 Å². The summed E-state index contributed by atoms with van der Waals surface area (Å²) in [7, 11) is -4.81. The molecule has 0 radical (unpaired) electrons. The van der Waals surface area contributed by atoms with E-state index in [-0.39, 0.29) is 33.0 Å². The molecule has 0 unspecified atom stereocenters. The summed E-state index contributed by atoms with van der Waals surface area (Å²) >= 11 is 5.71. The molecule has 1 aromatic heterocycles. The number of ether oxygens (including phenoxy) is 1. The molecule has 0 amide bonds. The van der Waals surface area contributed by atoms with Crippen LogP contribution in [-0.4, -0.2) is 26.0 Å². The molecule has 1 N–H and O–H groups in total. The molecule has 0 saturated carbocycles. The molecule has 0 bridgehead atoms. The summed E-state index contributed by atoms with van der Waals surface area (Å²) < 4.78 is 84.0. The Kier molecular flexibility index (Phi) is 5.46. The normalized spacial score (nSPS) is 12.1. The van der Waals surface area contributed by atoms with Crippen molar-refractivity contribution >= 4 is 44.0 Å². The molecular weight excluding hydrogens is 440 g/mol. The van der Waals surface area contributed by atoms with Gasteiger partial charge in [0, 0.05) is 28.4 Å². The standard InChI is InChI=1S/C17H11ClF4N2O4S/c1-27-15-8-14-10(7-16(15)28-29(25,26)17(20,21)22)12(4-5-23-14)24-13-3-2-9(18)6-11(13)19/h2-8H,1H3,(H,23,24). The van der Waals surface area contributed by atoms with Crippen molar-refractivity contribution in [1.82, 2.24) is 4.98 Å². The van der Waals surface area contributed by atoms with Gasteiger partial charge in [0.15, 0.2) is 11.5 Å². The third-order valence-electron chi connectivity index (χ3n) is 3.71. The third kappa shape index (κ3) is 4.30. The van der Waals surface area contributed by atoms with E-state index >= 15 is 0 Å². The summed E-state index contributed by atoms with van der Waals surface area (Å²) in [5.74, 6) is -1.66. The summed E-state index contributed by atoms with van der Waals surface area (Å²) in [4.78, 5) is 4.05. The van der Waals surface area contributed by atoms with Gasteiger partial charge in [0.1, 0.15) is 5.82 Å². The van der Waals surface area contributed by atoms with Crippen LogP contribution in [0.25, 0.3) is 10.9 Å². The Hall–Kier alpha value is -2.79. The Labute approximate surface area is 167 Å². The van der Waals surface area contributed by atoms with Crippen LogP contribution < -0.4 is 14.2 Å². The SMILES string of the molecule is COc1cc2nccc(Nc3ccc(Cl)cc3F)c2cc1OS(=O)(=O)C(F)(F)F. The van der Waals surface area contributed by atoms with Crippen molar-refractivity contribution in [2.24, 2.45) is 0 Å². The van der Waals surface area contributed by atoms with Crippen molar-refractivity contribution in [1.29, 1.82) is 0 Å². The molecule has 2 aromatic carbocycles. The van der Waals surface area contributed by atoms with Crippen LogP contribution in [0.2, 0.25) is 5.02 Å². The number of pyridine rings is 1. The maximum atomic E-state index is 14.1. The van der Waals surface area contributed by atoms with Gasteiger partial charge in [0.25, 0.3) is 0 Å². The first kappa shape index (κ1) is 20.9. The topological polar surface area (TPSA) is 77.5 Å². The molecule has 1 heterocycles. The van der Waals surface area contributed by atoms with Crippen molar-refractivity contribution in [3.63, 3.8) is 0 Å². The minimum Gasteiger partial charge on any atom is -0.493 e. The van der Waals surface area contributed by atoms with Gasteiger partial charge in [0.2, 0.25) is 0 Å². The Balaban J connectivity index is 2.11. The van der Waals surface area contributed by atoms with E-state index in [0.717, 1.165) is 19.2 Å². The van der Waals surface area contributed by atoms with Gasteiger partial charge in [0.05, 0.1) is 18.3 Å². The van der Waals surface area contributed by atoms with Gasteiger partial charge in [-0.15, -0.1) is 0 Å². The zero-order valence-corrected chi connectivity index (χ0v) is 16.0. The largest absolute Gasteiger partial charge is 0.534 e. The highest BCUT2D eigenvalue weighted by atomic mass is 35.5. The molecular formula is C17H11ClF4N2O4S. The number of alkyl halides is 3. The number of nitrogens with one attached hydrogen (secondary N) is 1. The zero-order valence-electron chi connectivity index (χ0n) is 14.4. The van der Waals surface area contributed by atoms with Crippen LogP contribution in [-0.2, 0) is 10.1 Å². The van der Waals surface area contributed by atoms with Gasteiger partial charge in [-0.05, 0) is 30.3 Å². The Morgan fingerprint density at radius 2 is 1.79 bits per heavy atom. The van der Waals surface area contributed by atoms with Crippen LogP contribution in [0.15, 0.2) is 42.6 Å². The molecule has 0 spiro atoms. The molecule has 0 aliphatic carbocycles. The number of methoxy groups -OCH3 is 1. The number of aromatic nitrogens is 1. The number of nitrogens with zero attached hydrogens (tertiary/aromatic N) is 1. The lowest BCUT2D eigenvalue weighted by molar-refractivity contribution is -0.0500. The summed E-state index contributed by atoms with van der Waals surface area (Å²) in [6.07, 6.45) is 1.37. The van der Waals surface area contributed by atoms with Gasteiger partial charge in [-0.2, -0.15) is 21.6 Å². The van der Waals surface area contributed by atoms with Gasteiger partial charge >= 0.3 is 15.6 Å². The van der Waals surface area contributed by atoms with Gasteiger partial charge in [-0.1, -0.05) is 11.6 Å². The number of fused-ring (bicyclic) bond motifs is 1. The van der Waals surface area contributed by atoms with Crippen LogP contribution in [0.4, 0.5) is 28.9 Å². The van der Waals surface area contributed by atoms with Crippen molar-refractivity contribution in [3.05, 3.63) is 53.4 Å². The van der Waals surface area contributed by atoms with Crippen molar-refractivity contribution in [2.45, 2.75) is 5.51 Å². The van der Waals surface area contributed by atoms with Crippen LogP contribution in [0.3, 0.4) is 0 Å². The molecule has 154 valence electrons. The second kappa shape index (κ2) is 7.56. The Morgan fingerprint density at radius 1 is 1.07 bits per heavy atom. The summed E-state index contributed by atoms with van der Waals surface area (Å²) in [6, 6.07) is 7.48. The number of hydrogen-bond donors (Lipinski definition) is 1. The number of anilines is 2. The fraction of sp³-hybridized carbons (Fsp3) is 0.118. The highest BCUT2D eigenvalue weighted by Crippen LogP contribution is 2.38. The van der Waals surface area contributed by atoms with E-state index in [2.05, 4.69) is 14.5 Å². The molecule has 0 aliphatic rings. The van der Waals surface area contributed by atoms with Crippen molar-refractivity contribution in [3.8, 4) is 11.5 Å². The van der Waals surface area contributed by atoms with Crippen molar-refractivity contribution in [2.75, 3.05) is 12.4 Å². The summed E-state index contributed by atoms with van der Waals surface area (Å²) in [5, 5.41) is 3.09. The van der Waals surface area contributed by atoms with E-state index in [1.165, 1.54) is 30.5 Å². The third-order valence-corrected chi connectivity index (χ3v) is 4.91. The minimum absolute atomic E-state index is 0.0306. The van der Waals surface area contributed by atoms with E-state index in [0.29, 0.717) is 0 Å². The molecule has 29 heavy (non-hydrogen) atoms. The van der Waals surface area contributed by atoms with Gasteiger partial charge < -0.3 is 14.2 Å². The van der Waals surface area contributed by atoms with Crippen LogP contribution in [0.1, 0.15) is 0 Å². The lowest BCUT2D eigenvalue weighted by Gasteiger charge is -2.15. The van der Waals surface area contributed by atoms with E-state index in [9.17, 15) is 26.0 Å². The number of hydrogen-bond acceptors (Lipinski definition) is 6. The molecule has 3 aromatic rings. The average Bonchev–Trinajstić information content (AvgIpc) is 2.62. The molecule has 0 atom stereocenters. The fourth-order valence-electron chi connectivity index (χ4n) is 2.39. The molecule has 0 aliphatic heterocycles. The van der Waals surface area contributed by atoms with E-state index < -0.39 is 27.2 Å². The molecule has 0 fully saturated rings. The lowest BCUT2D eigenvalue weighted by atomic mass is 10.1. The van der Waals surface area contributed by atoms with Gasteiger partial charge in [-0.3, -0.25) is 4.98 Å². The predicted octanol–water partition coefficient (Wildman–Crippen LogP) is 5.01. The van der Waals surface area contributed by atoms with Crippen LogP contribution in [0.5, 0.6) is 11.5 Å². The Morgan fingerprint density at radius 3 is 2.41 bits per heavy atom. The molecule has 3 rings (SSSR count). The quantitative estimate of drug-likeness (QED) is 0.334. The van der Waals surface area contributed by atoms with E-state index in [1.807, 2.05) is 0 Å². The fourth-order valence-corrected chi connectivity index (χ4v) is 3.01. The lowest BCUT2D eigenvalue weighted by Crippen LogP contribution is -2.28. The van der Waals surface area contributed by atoms with Crippen molar-refractivity contribution < 1.29 is 34.9 Å².